The van der Waals surface area contributed by atoms with E-state index in [1.54, 1.807) is 0 Å². The van der Waals surface area contributed by atoms with E-state index in [-0.39, 0.29) is 5.97 Å². The van der Waals surface area contributed by atoms with Gasteiger partial charge in [0.1, 0.15) is 11.8 Å². The lowest BCUT2D eigenvalue weighted by molar-refractivity contribution is -0.142. The van der Waals surface area contributed by atoms with Gasteiger partial charge >= 0.3 is 5.97 Å². The summed E-state index contributed by atoms with van der Waals surface area (Å²) in [4.78, 5) is 11.2. The number of hydrogen-bond donors (Lipinski definition) is 1. The zero-order valence-electron chi connectivity index (χ0n) is 11.7. The summed E-state index contributed by atoms with van der Waals surface area (Å²) >= 11 is 0. The summed E-state index contributed by atoms with van der Waals surface area (Å²) in [5.74, 6) is 0.464. The van der Waals surface area contributed by atoms with E-state index in [0.29, 0.717) is 6.42 Å². The van der Waals surface area contributed by atoms with Crippen LogP contribution in [-0.2, 0) is 16.0 Å². The number of nitrogens with two attached hydrogens (primary N) is 1. The Kier molecular flexibility index (Phi) is 6.97. The normalized spacial score (nSPS) is 11.9. The van der Waals surface area contributed by atoms with Gasteiger partial charge in [0.25, 0.3) is 0 Å². The molecule has 19 heavy (non-hydrogen) atoms. The summed E-state index contributed by atoms with van der Waals surface area (Å²) in [5.41, 5.74) is 6.70. The molecule has 4 heteroatoms. The molecule has 0 radical (unpaired) electrons. The second-order valence-electron chi connectivity index (χ2n) is 4.53. The van der Waals surface area contributed by atoms with Crippen molar-refractivity contribution in [1.29, 1.82) is 0 Å². The van der Waals surface area contributed by atoms with E-state index in [4.69, 9.17) is 10.5 Å². The molecule has 0 aliphatic carbocycles. The monoisotopic (exact) mass is 265 g/mol. The predicted octanol–water partition coefficient (Wildman–Crippen LogP) is 2.30. The summed E-state index contributed by atoms with van der Waals surface area (Å²) in [6.07, 6.45) is 3.92. The van der Waals surface area contributed by atoms with Crippen LogP contribution in [0.3, 0.4) is 0 Å². The fraction of sp³-hybridized carbons (Fsp3) is 0.533. The number of ether oxygens (including phenoxy) is 2. The summed E-state index contributed by atoms with van der Waals surface area (Å²) in [5, 5.41) is 0. The second kappa shape index (κ2) is 8.53. The molecule has 0 aliphatic heterocycles. The van der Waals surface area contributed by atoms with Crippen LogP contribution in [0.1, 0.15) is 31.7 Å². The smallest absolute Gasteiger partial charge is 0.322 e. The third-order valence-electron chi connectivity index (χ3n) is 2.90. The first-order valence-electron chi connectivity index (χ1n) is 6.72. The van der Waals surface area contributed by atoms with Gasteiger partial charge in [-0.1, -0.05) is 31.9 Å². The largest absolute Gasteiger partial charge is 0.494 e. The Morgan fingerprint density at radius 1 is 1.26 bits per heavy atom. The van der Waals surface area contributed by atoms with E-state index in [2.05, 4.69) is 11.7 Å². The van der Waals surface area contributed by atoms with Crippen molar-refractivity contribution in [2.75, 3.05) is 13.7 Å². The minimum atomic E-state index is -0.610. The number of hydrogen-bond acceptors (Lipinski definition) is 4. The zero-order valence-corrected chi connectivity index (χ0v) is 11.7. The van der Waals surface area contributed by atoms with E-state index in [1.165, 1.54) is 20.0 Å². The highest BCUT2D eigenvalue weighted by Crippen LogP contribution is 2.14. The number of rotatable bonds is 8. The molecule has 1 atom stereocenters. The van der Waals surface area contributed by atoms with E-state index in [0.717, 1.165) is 24.3 Å². The van der Waals surface area contributed by atoms with E-state index < -0.39 is 6.04 Å². The molecule has 0 saturated heterocycles. The van der Waals surface area contributed by atoms with Crippen molar-refractivity contribution in [1.82, 2.24) is 0 Å². The number of methoxy groups -OCH3 is 1. The highest BCUT2D eigenvalue weighted by Gasteiger charge is 2.13. The molecule has 1 rings (SSSR count). The molecular formula is C15H23NO3. The first-order chi connectivity index (χ1) is 9.17. The van der Waals surface area contributed by atoms with Gasteiger partial charge in [-0.2, -0.15) is 0 Å². The van der Waals surface area contributed by atoms with Gasteiger partial charge in [-0.3, -0.25) is 4.79 Å². The molecule has 2 N–H and O–H groups in total. The van der Waals surface area contributed by atoms with Gasteiger partial charge in [0.2, 0.25) is 0 Å². The molecule has 0 saturated carbocycles. The Hall–Kier alpha value is -1.55. The van der Waals surface area contributed by atoms with Gasteiger partial charge in [0.05, 0.1) is 13.7 Å². The Labute approximate surface area is 114 Å². The molecule has 1 aromatic rings. The van der Waals surface area contributed by atoms with Crippen LogP contribution in [0.4, 0.5) is 0 Å². The van der Waals surface area contributed by atoms with Crippen LogP contribution < -0.4 is 10.5 Å². The highest BCUT2D eigenvalue weighted by atomic mass is 16.5. The van der Waals surface area contributed by atoms with E-state index >= 15 is 0 Å². The average Bonchev–Trinajstić information content (AvgIpc) is 2.44. The third-order valence-corrected chi connectivity index (χ3v) is 2.90. The van der Waals surface area contributed by atoms with Crippen LogP contribution in [0, 0.1) is 0 Å². The van der Waals surface area contributed by atoms with Crippen LogP contribution in [-0.4, -0.2) is 25.7 Å². The lowest BCUT2D eigenvalue weighted by Crippen LogP contribution is -2.33. The quantitative estimate of drug-likeness (QED) is 0.578. The van der Waals surface area contributed by atoms with Gasteiger partial charge in [-0.25, -0.2) is 0 Å². The molecular weight excluding hydrogens is 242 g/mol. The zero-order chi connectivity index (χ0) is 14.1. The van der Waals surface area contributed by atoms with Crippen molar-refractivity contribution in [3.8, 4) is 5.75 Å². The molecule has 0 aromatic heterocycles. The first-order valence-corrected chi connectivity index (χ1v) is 6.72. The van der Waals surface area contributed by atoms with Gasteiger partial charge < -0.3 is 15.2 Å². The lowest BCUT2D eigenvalue weighted by atomic mass is 10.1. The van der Waals surface area contributed by atoms with Gasteiger partial charge in [-0.05, 0) is 30.5 Å². The highest BCUT2D eigenvalue weighted by molar-refractivity contribution is 5.75. The van der Waals surface area contributed by atoms with Gasteiger partial charge in [-0.15, -0.1) is 0 Å². The molecule has 106 valence electrons. The Balaban J connectivity index is 2.41. The van der Waals surface area contributed by atoms with Crippen molar-refractivity contribution in [3.05, 3.63) is 29.8 Å². The molecule has 0 spiro atoms. The maximum absolute atomic E-state index is 11.2. The van der Waals surface area contributed by atoms with E-state index in [1.807, 2.05) is 24.3 Å². The van der Waals surface area contributed by atoms with Crippen molar-refractivity contribution in [3.63, 3.8) is 0 Å². The number of esters is 1. The topological polar surface area (TPSA) is 61.5 Å². The summed E-state index contributed by atoms with van der Waals surface area (Å²) in [6, 6.07) is 7.06. The van der Waals surface area contributed by atoms with Crippen LogP contribution in [0.15, 0.2) is 24.3 Å². The second-order valence-corrected chi connectivity index (χ2v) is 4.53. The van der Waals surface area contributed by atoms with Crippen molar-refractivity contribution >= 4 is 5.97 Å². The van der Waals surface area contributed by atoms with Crippen LogP contribution >= 0.6 is 0 Å². The van der Waals surface area contributed by atoms with Gasteiger partial charge in [0, 0.05) is 0 Å². The van der Waals surface area contributed by atoms with Crippen molar-refractivity contribution in [2.45, 2.75) is 38.6 Å². The summed E-state index contributed by atoms with van der Waals surface area (Å²) in [6.45, 7) is 2.91. The fourth-order valence-electron chi connectivity index (χ4n) is 1.75. The molecule has 4 nitrogen and oxygen atoms in total. The number of carbonyl (C=O) groups is 1. The Morgan fingerprint density at radius 2 is 1.95 bits per heavy atom. The number of unbranched alkanes of at least 4 members (excludes halogenated alkanes) is 2. The molecule has 0 fully saturated rings. The number of carbonyl (C=O) groups excluding carboxylic acids is 1. The molecule has 0 amide bonds. The van der Waals surface area contributed by atoms with Crippen molar-refractivity contribution in [2.24, 2.45) is 5.73 Å². The molecule has 0 heterocycles. The minimum Gasteiger partial charge on any atom is -0.494 e. The van der Waals surface area contributed by atoms with E-state index in [9.17, 15) is 4.79 Å². The summed E-state index contributed by atoms with van der Waals surface area (Å²) in [7, 11) is 1.34. The molecule has 1 unspecified atom stereocenters. The molecule has 0 bridgehead atoms. The third kappa shape index (κ3) is 5.75. The van der Waals surface area contributed by atoms with Crippen LogP contribution in [0.5, 0.6) is 5.75 Å². The van der Waals surface area contributed by atoms with Crippen LogP contribution in [0.2, 0.25) is 0 Å². The van der Waals surface area contributed by atoms with Crippen molar-refractivity contribution < 1.29 is 14.3 Å². The average molecular weight is 265 g/mol. The summed E-state index contributed by atoms with van der Waals surface area (Å²) < 4.78 is 10.2. The van der Waals surface area contributed by atoms with Crippen LogP contribution in [0.25, 0.3) is 0 Å². The fourth-order valence-corrected chi connectivity index (χ4v) is 1.75. The lowest BCUT2D eigenvalue weighted by Gasteiger charge is -2.10. The first kappa shape index (κ1) is 15.5. The van der Waals surface area contributed by atoms with Gasteiger partial charge in [0.15, 0.2) is 0 Å². The molecule has 0 aliphatic rings. The predicted molar refractivity (Wildman–Crippen MR) is 75.2 cm³/mol. The minimum absolute atomic E-state index is 0.389. The SMILES string of the molecule is CCCCCOc1ccc(CC(N)C(=O)OC)cc1. The Bertz CT molecular complexity index is 375. The maximum atomic E-state index is 11.2. The number of benzene rings is 1. The maximum Gasteiger partial charge on any atom is 0.322 e. The standard InChI is InChI=1S/C15H23NO3/c1-3-4-5-10-19-13-8-6-12(7-9-13)11-14(16)15(17)18-2/h6-9,14H,3-5,10-11,16H2,1-2H3. The molecule has 1 aromatic carbocycles. The Morgan fingerprint density at radius 3 is 2.53 bits per heavy atom.